The van der Waals surface area contributed by atoms with Gasteiger partial charge in [-0.05, 0) is 36.8 Å². The Morgan fingerprint density at radius 3 is 2.04 bits per heavy atom. The summed E-state index contributed by atoms with van der Waals surface area (Å²) in [5.74, 6) is 0.540. The van der Waals surface area contributed by atoms with Crippen LogP contribution in [0.1, 0.15) is 26.3 Å². The molecule has 0 aliphatic carbocycles. The Balaban J connectivity index is 2.49. The molecule has 2 aromatic carbocycles. The normalized spacial score (nSPS) is 13.5. The Bertz CT molecular complexity index is 830. The smallest absolute Gasteiger partial charge is 0.122 e. The van der Waals surface area contributed by atoms with Gasteiger partial charge in [-0.2, -0.15) is 0 Å². The lowest BCUT2D eigenvalue weighted by atomic mass is 10.1. The molecule has 2 nitrogen and oxygen atoms in total. The molecule has 0 bridgehead atoms. The highest BCUT2D eigenvalue weighted by molar-refractivity contribution is 7.56. The molecule has 2 aromatic rings. The van der Waals surface area contributed by atoms with Gasteiger partial charge >= 0.3 is 0 Å². The summed E-state index contributed by atoms with van der Waals surface area (Å²) in [6, 6.07) is 13.3. The van der Waals surface area contributed by atoms with E-state index in [-0.39, 0.29) is 5.54 Å². The molecule has 0 saturated carbocycles. The summed E-state index contributed by atoms with van der Waals surface area (Å²) in [5, 5.41) is 19.9. The van der Waals surface area contributed by atoms with Crippen LogP contribution in [0.25, 0.3) is 0 Å². The zero-order valence-corrected chi connectivity index (χ0v) is 22.1. The van der Waals surface area contributed by atoms with Crippen LogP contribution in [-0.2, 0) is 6.54 Å². The summed E-state index contributed by atoms with van der Waals surface area (Å²) in [4.78, 5) is 0. The Morgan fingerprint density at radius 2 is 1.50 bits per heavy atom. The molecule has 1 atom stereocenters. The van der Waals surface area contributed by atoms with E-state index in [0.29, 0.717) is 14.3 Å². The van der Waals surface area contributed by atoms with Crippen molar-refractivity contribution in [3.63, 3.8) is 0 Å². The van der Waals surface area contributed by atoms with Gasteiger partial charge in [-0.15, -0.1) is 0 Å². The van der Waals surface area contributed by atoms with Crippen LogP contribution >= 0.6 is 8.58 Å². The fraction of sp³-hybridized carbons (Fsp3) is 0.478. The third-order valence-corrected chi connectivity index (χ3v) is 10.3. The van der Waals surface area contributed by atoms with Crippen LogP contribution in [0.4, 0.5) is 0 Å². The summed E-state index contributed by atoms with van der Waals surface area (Å²) >= 11 is 0. The number of aromatic hydroxyl groups is 1. The van der Waals surface area contributed by atoms with E-state index in [2.05, 4.69) is 102 Å². The molecular weight excluding hydrogens is 393 g/mol. The highest BCUT2D eigenvalue weighted by Gasteiger charge is 2.27. The molecular formula is C23H38NOPSi2. The third kappa shape index (κ3) is 6.28. The van der Waals surface area contributed by atoms with E-state index in [1.165, 1.54) is 21.2 Å². The van der Waals surface area contributed by atoms with Crippen molar-refractivity contribution in [1.29, 1.82) is 0 Å². The van der Waals surface area contributed by atoms with Gasteiger partial charge in [-0.25, -0.2) is 0 Å². The molecule has 2 rings (SSSR count). The minimum absolute atomic E-state index is 0.0844. The van der Waals surface area contributed by atoms with Crippen LogP contribution in [0.3, 0.4) is 0 Å². The van der Waals surface area contributed by atoms with Crippen LogP contribution in [0.15, 0.2) is 36.4 Å². The highest BCUT2D eigenvalue weighted by atomic mass is 31.1. The molecule has 0 aromatic heterocycles. The van der Waals surface area contributed by atoms with Crippen molar-refractivity contribution in [2.75, 3.05) is 0 Å². The lowest BCUT2D eigenvalue weighted by molar-refractivity contribution is 0.425. The number of phenolic OH excluding ortho intramolecular Hbond substituents is 1. The molecule has 1 unspecified atom stereocenters. The Morgan fingerprint density at radius 1 is 0.893 bits per heavy atom. The minimum atomic E-state index is -1.63. The van der Waals surface area contributed by atoms with E-state index in [1.54, 1.807) is 0 Å². The molecule has 0 saturated heterocycles. The van der Waals surface area contributed by atoms with Gasteiger partial charge < -0.3 is 10.4 Å². The number of nitrogens with one attached hydrogen (secondary N) is 1. The average molecular weight is 432 g/mol. The second-order valence-electron chi connectivity index (χ2n) is 10.8. The standard InChI is InChI=1S/C23H38NOPSi2/c1-23(2,3)24-16-17-12-10-11-13-19(17)26-20-14-18(27(4,5)6)15-21(22(20)25)28(7,8)9/h10-15,24-26H,16H2,1-9H3. The second-order valence-corrected chi connectivity index (χ2v) is 22.2. The maximum Gasteiger partial charge on any atom is 0.122 e. The van der Waals surface area contributed by atoms with E-state index < -0.39 is 16.1 Å². The topological polar surface area (TPSA) is 32.3 Å². The molecule has 0 spiro atoms. The van der Waals surface area contributed by atoms with Gasteiger partial charge in [0.25, 0.3) is 0 Å². The van der Waals surface area contributed by atoms with Crippen molar-refractivity contribution in [1.82, 2.24) is 5.32 Å². The lowest BCUT2D eigenvalue weighted by Gasteiger charge is -2.26. The highest BCUT2D eigenvalue weighted by Crippen LogP contribution is 2.22. The molecule has 0 radical (unpaired) electrons. The van der Waals surface area contributed by atoms with E-state index in [9.17, 15) is 5.11 Å². The third-order valence-electron chi connectivity index (χ3n) is 4.88. The van der Waals surface area contributed by atoms with Gasteiger partial charge in [-0.1, -0.05) is 89.4 Å². The van der Waals surface area contributed by atoms with Crippen molar-refractivity contribution in [3.05, 3.63) is 42.0 Å². The maximum atomic E-state index is 11.2. The van der Waals surface area contributed by atoms with E-state index >= 15 is 0 Å². The fourth-order valence-corrected chi connectivity index (χ4v) is 7.32. The number of benzene rings is 2. The molecule has 0 heterocycles. The fourth-order valence-electron chi connectivity index (χ4n) is 3.04. The van der Waals surface area contributed by atoms with E-state index in [1.807, 2.05) is 0 Å². The molecule has 154 valence electrons. The zero-order valence-electron chi connectivity index (χ0n) is 19.1. The Kier molecular flexibility index (Phi) is 7.03. The first-order valence-corrected chi connectivity index (χ1v) is 18.2. The first-order valence-electron chi connectivity index (χ1n) is 10.2. The number of phenols is 1. The Labute approximate surface area is 176 Å². The van der Waals surface area contributed by atoms with Crippen LogP contribution in [0, 0.1) is 0 Å². The summed E-state index contributed by atoms with van der Waals surface area (Å²) in [6.45, 7) is 21.6. The van der Waals surface area contributed by atoms with E-state index in [0.717, 1.165) is 11.8 Å². The SMILES string of the molecule is CC(C)(C)NCc1ccccc1Pc1cc([Si](C)(C)C)cc([Si](C)(C)C)c1O. The monoisotopic (exact) mass is 431 g/mol. The predicted octanol–water partition coefficient (Wildman–Crippen LogP) is 4.00. The van der Waals surface area contributed by atoms with Gasteiger partial charge in [0, 0.05) is 17.4 Å². The quantitative estimate of drug-likeness (QED) is 0.535. The number of rotatable bonds is 6. The first-order chi connectivity index (χ1) is 12.7. The van der Waals surface area contributed by atoms with Crippen molar-refractivity contribution in [3.8, 4) is 5.75 Å². The van der Waals surface area contributed by atoms with E-state index in [4.69, 9.17) is 0 Å². The van der Waals surface area contributed by atoms with Gasteiger partial charge in [0.05, 0.1) is 16.1 Å². The van der Waals surface area contributed by atoms with Crippen LogP contribution in [-0.4, -0.2) is 26.8 Å². The lowest BCUT2D eigenvalue weighted by Crippen LogP contribution is -2.47. The number of hydrogen-bond donors (Lipinski definition) is 2. The van der Waals surface area contributed by atoms with Gasteiger partial charge in [0.2, 0.25) is 0 Å². The van der Waals surface area contributed by atoms with Crippen molar-refractivity contribution in [2.45, 2.75) is 72.1 Å². The molecule has 28 heavy (non-hydrogen) atoms. The minimum Gasteiger partial charge on any atom is -0.507 e. The van der Waals surface area contributed by atoms with Gasteiger partial charge in [0.1, 0.15) is 5.75 Å². The van der Waals surface area contributed by atoms with Crippen molar-refractivity contribution < 1.29 is 5.11 Å². The number of hydrogen-bond acceptors (Lipinski definition) is 2. The molecule has 5 heteroatoms. The first kappa shape index (κ1) is 23.3. The predicted molar refractivity (Wildman–Crippen MR) is 135 cm³/mol. The van der Waals surface area contributed by atoms with Crippen LogP contribution in [0.2, 0.25) is 39.3 Å². The van der Waals surface area contributed by atoms with Crippen molar-refractivity contribution in [2.24, 2.45) is 0 Å². The van der Waals surface area contributed by atoms with Crippen LogP contribution < -0.4 is 26.3 Å². The Hall–Kier alpha value is -0.936. The molecule has 2 N–H and O–H groups in total. The second kappa shape index (κ2) is 8.43. The summed E-state index contributed by atoms with van der Waals surface area (Å²) in [7, 11) is -2.62. The van der Waals surface area contributed by atoms with Gasteiger partial charge in [0.15, 0.2) is 0 Å². The van der Waals surface area contributed by atoms with Gasteiger partial charge in [-0.3, -0.25) is 0 Å². The largest absolute Gasteiger partial charge is 0.507 e. The van der Waals surface area contributed by atoms with Crippen LogP contribution in [0.5, 0.6) is 5.75 Å². The molecule has 0 amide bonds. The zero-order chi connectivity index (χ0) is 21.3. The maximum absolute atomic E-state index is 11.2. The average Bonchev–Trinajstić information content (AvgIpc) is 2.53. The summed E-state index contributed by atoms with van der Waals surface area (Å²) in [6.07, 6.45) is 0. The molecule has 0 fully saturated rings. The molecule has 0 aliphatic rings. The summed E-state index contributed by atoms with van der Waals surface area (Å²) in [5.41, 5.74) is 1.41. The van der Waals surface area contributed by atoms with Crippen molar-refractivity contribution >= 4 is 45.7 Å². The molecule has 0 aliphatic heterocycles. The summed E-state index contributed by atoms with van der Waals surface area (Å²) < 4.78 is 0.